The van der Waals surface area contributed by atoms with E-state index in [4.69, 9.17) is 0 Å². The lowest BCUT2D eigenvalue weighted by Crippen LogP contribution is -2.48. The van der Waals surface area contributed by atoms with E-state index in [9.17, 15) is 33.0 Å². The molecule has 11 heteroatoms. The van der Waals surface area contributed by atoms with Crippen LogP contribution in [0.4, 0.5) is 13.2 Å². The lowest BCUT2D eigenvalue weighted by Gasteiger charge is -2.29. The van der Waals surface area contributed by atoms with Crippen molar-refractivity contribution in [3.8, 4) is 5.75 Å². The number of aromatic hydroxyl groups is 1. The molecule has 29 heavy (non-hydrogen) atoms. The fraction of sp³-hybridized carbons (Fsp3) is 0.389. The van der Waals surface area contributed by atoms with Crippen LogP contribution in [0, 0.1) is 0 Å². The summed E-state index contributed by atoms with van der Waals surface area (Å²) in [5.41, 5.74) is -3.17. The van der Waals surface area contributed by atoms with E-state index in [2.05, 4.69) is 15.6 Å². The highest BCUT2D eigenvalue weighted by Crippen LogP contribution is 2.40. The van der Waals surface area contributed by atoms with Crippen molar-refractivity contribution in [1.82, 2.24) is 20.2 Å². The number of nitrogens with one attached hydrogen (secondary N) is 2. The van der Waals surface area contributed by atoms with Gasteiger partial charge in [0.25, 0.3) is 5.91 Å². The van der Waals surface area contributed by atoms with Gasteiger partial charge in [0.05, 0.1) is 6.42 Å². The third-order valence-corrected chi connectivity index (χ3v) is 4.15. The van der Waals surface area contributed by atoms with Gasteiger partial charge in [-0.05, 0) is 24.6 Å². The van der Waals surface area contributed by atoms with Gasteiger partial charge < -0.3 is 25.4 Å². The molecule has 2 aromatic rings. The van der Waals surface area contributed by atoms with Gasteiger partial charge in [-0.15, -0.1) is 0 Å². The molecule has 158 valence electrons. The van der Waals surface area contributed by atoms with Crippen molar-refractivity contribution in [3.05, 3.63) is 48.0 Å². The summed E-state index contributed by atoms with van der Waals surface area (Å²) in [6.45, 7) is 0.144. The summed E-state index contributed by atoms with van der Waals surface area (Å²) >= 11 is 0. The number of carbonyl (C=O) groups excluding carboxylic acids is 2. The van der Waals surface area contributed by atoms with Crippen molar-refractivity contribution in [2.45, 2.75) is 24.6 Å². The lowest BCUT2D eigenvalue weighted by molar-refractivity contribution is -0.271. The Balaban J connectivity index is 1.83. The molecule has 8 nitrogen and oxygen atoms in total. The molecule has 4 N–H and O–H groups in total. The maximum atomic E-state index is 13.4. The van der Waals surface area contributed by atoms with Gasteiger partial charge in [0, 0.05) is 38.1 Å². The molecule has 0 saturated carbocycles. The quantitative estimate of drug-likeness (QED) is 0.485. The number of halogens is 3. The topological polar surface area (TPSA) is 116 Å². The third-order valence-electron chi connectivity index (χ3n) is 4.15. The average molecular weight is 414 g/mol. The highest BCUT2D eigenvalue weighted by molar-refractivity contribution is 5.94. The molecule has 0 aliphatic carbocycles. The molecule has 1 atom stereocenters. The summed E-state index contributed by atoms with van der Waals surface area (Å²) in [4.78, 5) is 27.3. The number of hydrogen-bond acceptors (Lipinski definition) is 5. The van der Waals surface area contributed by atoms with Crippen LogP contribution >= 0.6 is 0 Å². The molecule has 0 aliphatic rings. The first-order valence-corrected chi connectivity index (χ1v) is 8.65. The second-order valence-corrected chi connectivity index (χ2v) is 6.41. The molecule has 0 radical (unpaired) electrons. The van der Waals surface area contributed by atoms with Gasteiger partial charge in [-0.3, -0.25) is 9.59 Å². The second-order valence-electron chi connectivity index (χ2n) is 6.41. The lowest BCUT2D eigenvalue weighted by atomic mass is 9.97. The summed E-state index contributed by atoms with van der Waals surface area (Å²) in [6.07, 6.45) is -3.75. The summed E-state index contributed by atoms with van der Waals surface area (Å²) in [5, 5.41) is 24.3. The predicted molar refractivity (Wildman–Crippen MR) is 95.8 cm³/mol. The number of aromatic nitrogens is 2. The Bertz CT molecular complexity index is 869. The maximum Gasteiger partial charge on any atom is 0.425 e. The van der Waals surface area contributed by atoms with Crippen molar-refractivity contribution < 1.29 is 33.0 Å². The number of nitrogens with zero attached hydrogens (tertiary/aromatic N) is 2. The van der Waals surface area contributed by atoms with Crippen LogP contribution in [0.2, 0.25) is 0 Å². The van der Waals surface area contributed by atoms with Crippen LogP contribution < -0.4 is 10.6 Å². The van der Waals surface area contributed by atoms with Crippen LogP contribution in [-0.2, 0) is 17.4 Å². The molecule has 2 rings (SSSR count). The Morgan fingerprint density at radius 2 is 1.90 bits per heavy atom. The highest BCUT2D eigenvalue weighted by atomic mass is 19.4. The summed E-state index contributed by atoms with van der Waals surface area (Å²) in [6, 6.07) is 5.71. The van der Waals surface area contributed by atoms with Crippen molar-refractivity contribution in [2.24, 2.45) is 7.05 Å². The fourth-order valence-electron chi connectivity index (χ4n) is 2.63. The van der Waals surface area contributed by atoms with E-state index in [-0.39, 0.29) is 30.8 Å². The summed E-state index contributed by atoms with van der Waals surface area (Å²) < 4.78 is 41.1. The number of phenolic OH excluding ortho intramolecular Hbond substituents is 1. The summed E-state index contributed by atoms with van der Waals surface area (Å²) in [7, 11) is 1.28. The van der Waals surface area contributed by atoms with Crippen LogP contribution in [0.15, 0.2) is 36.7 Å². The van der Waals surface area contributed by atoms with E-state index < -0.39 is 35.8 Å². The van der Waals surface area contributed by atoms with Gasteiger partial charge in [-0.25, -0.2) is 4.98 Å². The Morgan fingerprint density at radius 3 is 2.48 bits per heavy atom. The molecular formula is C18H21F3N4O4. The molecule has 2 amide bonds. The molecule has 0 spiro atoms. The molecule has 0 aliphatic heterocycles. The van der Waals surface area contributed by atoms with E-state index in [1.807, 2.05) is 0 Å². The molecular weight excluding hydrogens is 393 g/mol. The molecule has 0 fully saturated rings. The van der Waals surface area contributed by atoms with Gasteiger partial charge in [0.1, 0.15) is 5.75 Å². The van der Waals surface area contributed by atoms with Crippen LogP contribution in [0.1, 0.15) is 29.0 Å². The molecule has 1 heterocycles. The number of phenols is 1. The normalized spacial score (nSPS) is 13.6. The number of imidazole rings is 1. The van der Waals surface area contributed by atoms with Gasteiger partial charge in [0.2, 0.25) is 11.5 Å². The van der Waals surface area contributed by atoms with Crippen molar-refractivity contribution in [1.29, 1.82) is 0 Å². The number of benzene rings is 1. The monoisotopic (exact) mass is 414 g/mol. The first kappa shape index (κ1) is 22.2. The molecule has 0 saturated heterocycles. The zero-order valence-corrected chi connectivity index (χ0v) is 15.5. The Morgan fingerprint density at radius 1 is 1.21 bits per heavy atom. The molecule has 1 aromatic carbocycles. The number of hydrogen-bond donors (Lipinski definition) is 4. The SMILES string of the molecule is Cn1ccnc1C(O)(CC(=O)NCCCNC(=O)c1cccc(O)c1)C(F)(F)F. The average Bonchev–Trinajstić information content (AvgIpc) is 3.06. The zero-order chi connectivity index (χ0) is 21.7. The van der Waals surface area contributed by atoms with Gasteiger partial charge in [-0.2, -0.15) is 13.2 Å². The highest BCUT2D eigenvalue weighted by Gasteiger charge is 2.58. The molecule has 1 aromatic heterocycles. The summed E-state index contributed by atoms with van der Waals surface area (Å²) in [5.74, 6) is -2.19. The number of aryl methyl sites for hydroxylation is 1. The number of aliphatic hydroxyl groups is 1. The second kappa shape index (κ2) is 8.95. The zero-order valence-electron chi connectivity index (χ0n) is 15.5. The van der Waals surface area contributed by atoms with Gasteiger partial charge >= 0.3 is 6.18 Å². The minimum Gasteiger partial charge on any atom is -0.508 e. The smallest absolute Gasteiger partial charge is 0.425 e. The van der Waals surface area contributed by atoms with E-state index in [1.165, 1.54) is 37.5 Å². The van der Waals surface area contributed by atoms with Crippen molar-refractivity contribution >= 4 is 11.8 Å². The Kier molecular flexibility index (Phi) is 6.85. The van der Waals surface area contributed by atoms with Gasteiger partial charge in [-0.1, -0.05) is 6.07 Å². The first-order valence-electron chi connectivity index (χ1n) is 8.65. The van der Waals surface area contributed by atoms with Crippen LogP contribution in [0.3, 0.4) is 0 Å². The van der Waals surface area contributed by atoms with Crippen molar-refractivity contribution in [3.63, 3.8) is 0 Å². The predicted octanol–water partition coefficient (Wildman–Crippen LogP) is 1.20. The van der Waals surface area contributed by atoms with Gasteiger partial charge in [0.15, 0.2) is 5.82 Å². The van der Waals surface area contributed by atoms with E-state index in [0.29, 0.717) is 0 Å². The van der Waals surface area contributed by atoms with E-state index in [1.54, 1.807) is 0 Å². The Labute approximate surface area is 164 Å². The fourth-order valence-corrected chi connectivity index (χ4v) is 2.63. The van der Waals surface area contributed by atoms with Crippen molar-refractivity contribution in [2.75, 3.05) is 13.1 Å². The standard InChI is InChI=1S/C18H21F3N4O4/c1-25-9-8-24-16(25)17(29,18(19,20)21)11-14(27)22-6-3-7-23-15(28)12-4-2-5-13(26)10-12/h2,4-5,8-10,26,29H,3,6-7,11H2,1H3,(H,22,27)(H,23,28). The number of carbonyl (C=O) groups is 2. The van der Waals surface area contributed by atoms with Crippen LogP contribution in [-0.4, -0.2) is 50.8 Å². The molecule has 1 unspecified atom stereocenters. The van der Waals surface area contributed by atoms with E-state index >= 15 is 0 Å². The van der Waals surface area contributed by atoms with E-state index in [0.717, 1.165) is 10.8 Å². The Hall–Kier alpha value is -3.08. The number of amides is 2. The third kappa shape index (κ3) is 5.47. The number of alkyl halides is 3. The molecule has 0 bridgehead atoms. The minimum absolute atomic E-state index is 0.00629. The largest absolute Gasteiger partial charge is 0.508 e. The number of rotatable bonds is 8. The minimum atomic E-state index is -5.10. The van der Waals surface area contributed by atoms with Crippen LogP contribution in [0.25, 0.3) is 0 Å². The first-order chi connectivity index (χ1) is 13.5. The maximum absolute atomic E-state index is 13.4. The van der Waals surface area contributed by atoms with Crippen LogP contribution in [0.5, 0.6) is 5.75 Å².